The lowest BCUT2D eigenvalue weighted by molar-refractivity contribution is 0.0413. The third-order valence-corrected chi connectivity index (χ3v) is 4.92. The Morgan fingerprint density at radius 1 is 1.35 bits per heavy atom. The first-order chi connectivity index (χ1) is 9.71. The summed E-state index contributed by atoms with van der Waals surface area (Å²) in [7, 11) is 0. The van der Waals surface area contributed by atoms with Gasteiger partial charge in [0.2, 0.25) is 5.89 Å². The number of nitrogens with zero attached hydrogens (tertiary/aromatic N) is 3. The van der Waals surface area contributed by atoms with Crippen molar-refractivity contribution in [2.75, 3.05) is 13.1 Å². The van der Waals surface area contributed by atoms with Gasteiger partial charge in [-0.1, -0.05) is 31.3 Å². The predicted molar refractivity (Wildman–Crippen MR) is 77.3 cm³/mol. The first kappa shape index (κ1) is 14.0. The third-order valence-electron chi connectivity index (χ3n) is 4.92. The Morgan fingerprint density at radius 3 is 2.80 bits per heavy atom. The highest BCUT2D eigenvalue weighted by Crippen LogP contribution is 2.32. The van der Waals surface area contributed by atoms with E-state index in [0.29, 0.717) is 11.6 Å². The summed E-state index contributed by atoms with van der Waals surface area (Å²) in [5.74, 6) is 1.49. The molecular weight excluding hydrogens is 252 g/mol. The largest absolute Gasteiger partial charge is 0.338 e. The van der Waals surface area contributed by atoms with Crippen molar-refractivity contribution in [1.29, 1.82) is 0 Å². The molecule has 1 atom stereocenters. The van der Waals surface area contributed by atoms with Crippen molar-refractivity contribution < 1.29 is 4.52 Å². The molecule has 3 rings (SSSR count). The van der Waals surface area contributed by atoms with Crippen molar-refractivity contribution in [2.45, 2.75) is 70.5 Å². The van der Waals surface area contributed by atoms with Gasteiger partial charge in [-0.25, -0.2) is 0 Å². The number of hydrogen-bond acceptors (Lipinski definition) is 5. The van der Waals surface area contributed by atoms with Crippen LogP contribution in [0.2, 0.25) is 0 Å². The monoisotopic (exact) mass is 278 g/mol. The molecule has 0 bridgehead atoms. The van der Waals surface area contributed by atoms with Gasteiger partial charge in [-0.2, -0.15) is 4.98 Å². The highest BCUT2D eigenvalue weighted by molar-refractivity contribution is 5.00. The molecule has 112 valence electrons. The zero-order chi connectivity index (χ0) is 14.0. The van der Waals surface area contributed by atoms with Crippen LogP contribution in [0, 0.1) is 6.92 Å². The minimum absolute atomic E-state index is 0.332. The highest BCUT2D eigenvalue weighted by Gasteiger charge is 2.39. The first-order valence-corrected chi connectivity index (χ1v) is 7.99. The maximum absolute atomic E-state index is 5.31. The van der Waals surface area contributed by atoms with Crippen LogP contribution in [0.15, 0.2) is 4.52 Å². The molecule has 2 heterocycles. The van der Waals surface area contributed by atoms with E-state index in [1.807, 2.05) is 6.92 Å². The quantitative estimate of drug-likeness (QED) is 0.919. The van der Waals surface area contributed by atoms with Crippen LogP contribution in [0.5, 0.6) is 0 Å². The Bertz CT molecular complexity index is 439. The van der Waals surface area contributed by atoms with E-state index in [-0.39, 0.29) is 0 Å². The molecular formula is C15H26N4O. The minimum atomic E-state index is 0.332. The molecule has 0 amide bonds. The van der Waals surface area contributed by atoms with E-state index in [2.05, 4.69) is 27.3 Å². The fourth-order valence-corrected chi connectivity index (χ4v) is 3.77. The van der Waals surface area contributed by atoms with E-state index in [1.165, 1.54) is 32.1 Å². The molecule has 5 nitrogen and oxygen atoms in total. The van der Waals surface area contributed by atoms with E-state index < -0.39 is 0 Å². The van der Waals surface area contributed by atoms with E-state index >= 15 is 0 Å². The summed E-state index contributed by atoms with van der Waals surface area (Å²) in [5.41, 5.74) is 0.332. The number of piperazine rings is 1. The van der Waals surface area contributed by atoms with Gasteiger partial charge in [0, 0.05) is 24.7 Å². The molecule has 0 radical (unpaired) electrons. The van der Waals surface area contributed by atoms with Crippen LogP contribution in [0.25, 0.3) is 0 Å². The molecule has 1 aromatic heterocycles. The molecule has 1 aliphatic heterocycles. The molecule has 1 unspecified atom stereocenters. The van der Waals surface area contributed by atoms with Gasteiger partial charge >= 0.3 is 0 Å². The van der Waals surface area contributed by atoms with Crippen LogP contribution in [-0.4, -0.2) is 39.7 Å². The number of hydrogen-bond donors (Lipinski definition) is 1. The van der Waals surface area contributed by atoms with E-state index in [0.717, 1.165) is 37.8 Å². The molecule has 1 saturated heterocycles. The van der Waals surface area contributed by atoms with Gasteiger partial charge in [-0.15, -0.1) is 0 Å². The van der Waals surface area contributed by atoms with Gasteiger partial charge in [0.25, 0.3) is 0 Å². The summed E-state index contributed by atoms with van der Waals surface area (Å²) in [6, 6.07) is 0.578. The Hall–Kier alpha value is -0.940. The lowest BCUT2D eigenvalue weighted by Crippen LogP contribution is -2.64. The Balaban J connectivity index is 1.71. The lowest BCUT2D eigenvalue weighted by Gasteiger charge is -2.49. The second kappa shape index (κ2) is 5.82. The van der Waals surface area contributed by atoms with E-state index in [4.69, 9.17) is 4.52 Å². The second-order valence-corrected chi connectivity index (χ2v) is 6.42. The molecule has 1 spiro atoms. The van der Waals surface area contributed by atoms with Gasteiger partial charge in [-0.3, -0.25) is 4.90 Å². The molecule has 1 aliphatic carbocycles. The third kappa shape index (κ3) is 2.88. The van der Waals surface area contributed by atoms with Crippen LogP contribution >= 0.6 is 0 Å². The minimum Gasteiger partial charge on any atom is -0.338 e. The summed E-state index contributed by atoms with van der Waals surface area (Å²) >= 11 is 0. The molecule has 1 aromatic rings. The normalized spacial score (nSPS) is 27.0. The van der Waals surface area contributed by atoms with Gasteiger partial charge in [-0.05, 0) is 26.2 Å². The van der Waals surface area contributed by atoms with Crippen LogP contribution < -0.4 is 5.32 Å². The Labute approximate surface area is 121 Å². The number of aryl methyl sites for hydroxylation is 1. The van der Waals surface area contributed by atoms with Crippen LogP contribution in [-0.2, 0) is 6.54 Å². The smallest absolute Gasteiger partial charge is 0.240 e. The number of rotatable bonds is 3. The van der Waals surface area contributed by atoms with Crippen molar-refractivity contribution in [1.82, 2.24) is 20.4 Å². The van der Waals surface area contributed by atoms with Crippen molar-refractivity contribution in [3.8, 4) is 0 Å². The summed E-state index contributed by atoms with van der Waals surface area (Å²) in [5, 5.41) is 7.76. The van der Waals surface area contributed by atoms with Crippen molar-refractivity contribution in [3.05, 3.63) is 11.7 Å². The van der Waals surface area contributed by atoms with Gasteiger partial charge in [0.15, 0.2) is 5.82 Å². The Morgan fingerprint density at radius 2 is 2.15 bits per heavy atom. The van der Waals surface area contributed by atoms with E-state index in [9.17, 15) is 0 Å². The maximum atomic E-state index is 5.31. The number of aromatic nitrogens is 2. The fourth-order valence-electron chi connectivity index (χ4n) is 3.77. The van der Waals surface area contributed by atoms with Gasteiger partial charge in [0.05, 0.1) is 6.54 Å². The molecule has 1 N–H and O–H groups in total. The molecule has 20 heavy (non-hydrogen) atoms. The molecule has 0 aromatic carbocycles. The SMILES string of the molecule is CCC1CNC2(CCCCC2)CN1Cc1nc(C)no1. The van der Waals surface area contributed by atoms with Crippen molar-refractivity contribution >= 4 is 0 Å². The summed E-state index contributed by atoms with van der Waals surface area (Å²) in [6.45, 7) is 7.14. The van der Waals surface area contributed by atoms with Gasteiger partial charge < -0.3 is 9.84 Å². The first-order valence-electron chi connectivity index (χ1n) is 7.99. The Kier molecular flexibility index (Phi) is 4.08. The van der Waals surface area contributed by atoms with Crippen LogP contribution in [0.1, 0.15) is 57.2 Å². The fraction of sp³-hybridized carbons (Fsp3) is 0.867. The summed E-state index contributed by atoms with van der Waals surface area (Å²) in [4.78, 5) is 6.92. The molecule has 1 saturated carbocycles. The van der Waals surface area contributed by atoms with Crippen molar-refractivity contribution in [3.63, 3.8) is 0 Å². The maximum Gasteiger partial charge on any atom is 0.240 e. The average molecular weight is 278 g/mol. The molecule has 2 aliphatic rings. The average Bonchev–Trinajstić information content (AvgIpc) is 2.85. The van der Waals surface area contributed by atoms with Crippen molar-refractivity contribution in [2.24, 2.45) is 0 Å². The van der Waals surface area contributed by atoms with Gasteiger partial charge in [0.1, 0.15) is 0 Å². The standard InChI is InChI=1S/C15H26N4O/c1-3-13-9-16-15(7-5-4-6-8-15)11-19(13)10-14-17-12(2)18-20-14/h13,16H,3-11H2,1-2H3. The predicted octanol–water partition coefficient (Wildman–Crippen LogP) is 2.26. The van der Waals surface area contributed by atoms with E-state index in [1.54, 1.807) is 0 Å². The van der Waals surface area contributed by atoms with Crippen LogP contribution in [0.3, 0.4) is 0 Å². The topological polar surface area (TPSA) is 54.2 Å². The second-order valence-electron chi connectivity index (χ2n) is 6.42. The lowest BCUT2D eigenvalue weighted by atomic mass is 9.79. The zero-order valence-corrected chi connectivity index (χ0v) is 12.7. The van der Waals surface area contributed by atoms with Crippen LogP contribution in [0.4, 0.5) is 0 Å². The molecule has 5 heteroatoms. The summed E-state index contributed by atoms with van der Waals surface area (Å²) in [6.07, 6.45) is 7.89. The summed E-state index contributed by atoms with van der Waals surface area (Å²) < 4.78 is 5.31. The zero-order valence-electron chi connectivity index (χ0n) is 12.7. The highest BCUT2D eigenvalue weighted by atomic mass is 16.5. The number of nitrogens with one attached hydrogen (secondary N) is 1. The molecule has 2 fully saturated rings.